The van der Waals surface area contributed by atoms with E-state index in [4.69, 9.17) is 27.4 Å². The van der Waals surface area contributed by atoms with Crippen molar-refractivity contribution < 1.29 is 9.47 Å². The zero-order valence-corrected chi connectivity index (χ0v) is 13.6. The second-order valence-corrected chi connectivity index (χ2v) is 6.02. The van der Waals surface area contributed by atoms with Crippen molar-refractivity contribution in [1.82, 2.24) is 4.90 Å². The summed E-state index contributed by atoms with van der Waals surface area (Å²) in [6, 6.07) is 5.84. The van der Waals surface area contributed by atoms with E-state index in [9.17, 15) is 0 Å². The normalized spacial score (nSPS) is 18.7. The predicted molar refractivity (Wildman–Crippen MR) is 88.8 cm³/mol. The largest absolute Gasteiger partial charge is 0.496 e. The van der Waals surface area contributed by atoms with Crippen LogP contribution in [0.1, 0.15) is 30.4 Å². The number of hydrogen-bond acceptors (Lipinski definition) is 4. The Morgan fingerprint density at radius 2 is 2.29 bits per heavy atom. The minimum absolute atomic E-state index is 0.341. The van der Waals surface area contributed by atoms with Crippen molar-refractivity contribution in [3.8, 4) is 5.75 Å². The summed E-state index contributed by atoms with van der Waals surface area (Å²) in [6.45, 7) is 2.61. The van der Waals surface area contributed by atoms with Crippen molar-refractivity contribution in [3.05, 3.63) is 29.3 Å². The summed E-state index contributed by atoms with van der Waals surface area (Å²) < 4.78 is 11.2. The van der Waals surface area contributed by atoms with Crippen molar-refractivity contribution in [1.29, 1.82) is 0 Å². The second kappa shape index (κ2) is 7.73. The van der Waals surface area contributed by atoms with Crippen LogP contribution in [0.2, 0.25) is 0 Å². The molecule has 116 valence electrons. The third-order valence-electron chi connectivity index (χ3n) is 3.79. The maximum atomic E-state index is 5.79. The first-order valence-electron chi connectivity index (χ1n) is 7.37. The zero-order chi connectivity index (χ0) is 15.2. The summed E-state index contributed by atoms with van der Waals surface area (Å²) in [4.78, 5) is 2.68. The number of nitrogens with two attached hydrogens (primary N) is 1. The molecule has 1 unspecified atom stereocenters. The second-order valence-electron chi connectivity index (χ2n) is 5.58. The molecule has 1 heterocycles. The van der Waals surface area contributed by atoms with E-state index in [0.29, 0.717) is 11.1 Å². The van der Waals surface area contributed by atoms with Crippen molar-refractivity contribution in [3.63, 3.8) is 0 Å². The van der Waals surface area contributed by atoms with Gasteiger partial charge in [0.2, 0.25) is 0 Å². The summed E-state index contributed by atoms with van der Waals surface area (Å²) in [7, 11) is 3.79. The van der Waals surface area contributed by atoms with Gasteiger partial charge in [0, 0.05) is 30.8 Å². The Kier molecular flexibility index (Phi) is 5.96. The lowest BCUT2D eigenvalue weighted by molar-refractivity contribution is -0.00267. The Balaban J connectivity index is 2.02. The van der Waals surface area contributed by atoms with E-state index in [0.717, 1.165) is 43.0 Å². The number of ether oxygens (including phenoxy) is 2. The number of benzene rings is 1. The summed E-state index contributed by atoms with van der Waals surface area (Å²) in [5.41, 5.74) is 7.69. The lowest BCUT2D eigenvalue weighted by Gasteiger charge is -2.27. The fraction of sp³-hybridized carbons (Fsp3) is 0.562. The van der Waals surface area contributed by atoms with Gasteiger partial charge < -0.3 is 15.2 Å². The van der Waals surface area contributed by atoms with Crippen LogP contribution in [0.15, 0.2) is 18.2 Å². The van der Waals surface area contributed by atoms with Crippen LogP contribution in [0.4, 0.5) is 0 Å². The van der Waals surface area contributed by atoms with E-state index in [1.54, 1.807) is 7.11 Å². The Labute approximate surface area is 132 Å². The fourth-order valence-corrected chi connectivity index (χ4v) is 2.84. The first-order chi connectivity index (χ1) is 10.1. The standard InChI is InChI=1S/C16H24N2O2S/c1-18(11-14-5-3-4-8-20-14)10-13-9-12(16(17)21)6-7-15(13)19-2/h6-7,9,14H,3-5,8,10-11H2,1-2H3,(H2,17,21). The number of methoxy groups -OCH3 is 1. The summed E-state index contributed by atoms with van der Waals surface area (Å²) >= 11 is 5.05. The highest BCUT2D eigenvalue weighted by Gasteiger charge is 2.17. The molecule has 2 rings (SSSR count). The lowest BCUT2D eigenvalue weighted by atomic mass is 10.1. The van der Waals surface area contributed by atoms with Gasteiger partial charge in [0.25, 0.3) is 0 Å². The lowest BCUT2D eigenvalue weighted by Crippen LogP contribution is -2.33. The van der Waals surface area contributed by atoms with E-state index < -0.39 is 0 Å². The zero-order valence-electron chi connectivity index (χ0n) is 12.8. The SMILES string of the molecule is COc1ccc(C(N)=S)cc1CN(C)CC1CCCCO1. The Morgan fingerprint density at radius 1 is 1.48 bits per heavy atom. The number of hydrogen-bond donors (Lipinski definition) is 1. The van der Waals surface area contributed by atoms with E-state index in [1.165, 1.54) is 12.8 Å². The molecule has 0 amide bonds. The first-order valence-corrected chi connectivity index (χ1v) is 7.78. The molecule has 0 spiro atoms. The van der Waals surface area contributed by atoms with E-state index in [-0.39, 0.29) is 0 Å². The molecule has 1 aromatic rings. The Morgan fingerprint density at radius 3 is 2.90 bits per heavy atom. The van der Waals surface area contributed by atoms with Gasteiger partial charge in [0.15, 0.2) is 0 Å². The average molecular weight is 308 g/mol. The van der Waals surface area contributed by atoms with Crippen molar-refractivity contribution in [2.75, 3.05) is 27.3 Å². The molecule has 0 aliphatic carbocycles. The van der Waals surface area contributed by atoms with Crippen LogP contribution in [0.3, 0.4) is 0 Å². The number of likely N-dealkylation sites (N-methyl/N-ethyl adjacent to an activating group) is 1. The number of thiocarbonyl (C=S) groups is 1. The highest BCUT2D eigenvalue weighted by molar-refractivity contribution is 7.80. The van der Waals surface area contributed by atoms with Crippen molar-refractivity contribution in [2.24, 2.45) is 5.73 Å². The third kappa shape index (κ3) is 4.66. The molecular weight excluding hydrogens is 284 g/mol. The molecule has 21 heavy (non-hydrogen) atoms. The van der Waals surface area contributed by atoms with Gasteiger partial charge >= 0.3 is 0 Å². The molecule has 4 nitrogen and oxygen atoms in total. The first kappa shape index (κ1) is 16.2. The summed E-state index contributed by atoms with van der Waals surface area (Å²) in [6.07, 6.45) is 3.94. The Bertz CT molecular complexity index is 487. The van der Waals surface area contributed by atoms with E-state index >= 15 is 0 Å². The van der Waals surface area contributed by atoms with E-state index in [1.807, 2.05) is 18.2 Å². The molecule has 1 fully saturated rings. The highest BCUT2D eigenvalue weighted by atomic mass is 32.1. The molecule has 1 aliphatic heterocycles. The van der Waals surface area contributed by atoms with Gasteiger partial charge in [-0.2, -0.15) is 0 Å². The summed E-state index contributed by atoms with van der Waals surface area (Å²) in [5.74, 6) is 0.867. The Hall–Kier alpha value is -1.17. The van der Waals surface area contributed by atoms with Crippen LogP contribution < -0.4 is 10.5 Å². The monoisotopic (exact) mass is 308 g/mol. The molecule has 1 aliphatic rings. The van der Waals surface area contributed by atoms with Crippen molar-refractivity contribution >= 4 is 17.2 Å². The van der Waals surface area contributed by atoms with Gasteiger partial charge in [-0.25, -0.2) is 0 Å². The molecule has 5 heteroatoms. The third-order valence-corrected chi connectivity index (χ3v) is 4.03. The van der Waals surface area contributed by atoms with Crippen LogP contribution in [-0.4, -0.2) is 43.3 Å². The maximum absolute atomic E-state index is 5.79. The van der Waals surface area contributed by atoms with Crippen LogP contribution >= 0.6 is 12.2 Å². The van der Waals surface area contributed by atoms with Gasteiger partial charge in [-0.1, -0.05) is 12.2 Å². The topological polar surface area (TPSA) is 47.7 Å². The number of rotatable bonds is 6. The minimum atomic E-state index is 0.341. The fourth-order valence-electron chi connectivity index (χ4n) is 2.71. The molecule has 0 saturated carbocycles. The molecular formula is C16H24N2O2S. The van der Waals surface area contributed by atoms with Gasteiger partial charge in [-0.3, -0.25) is 4.90 Å². The predicted octanol–water partition coefficient (Wildman–Crippen LogP) is 2.33. The van der Waals surface area contributed by atoms with Gasteiger partial charge in [-0.05, 0) is 44.5 Å². The average Bonchev–Trinajstić information content (AvgIpc) is 2.48. The maximum Gasteiger partial charge on any atom is 0.123 e. The molecule has 1 aromatic carbocycles. The molecule has 0 aromatic heterocycles. The molecule has 2 N–H and O–H groups in total. The number of nitrogens with zero attached hydrogens (tertiary/aromatic N) is 1. The van der Waals surface area contributed by atoms with E-state index in [2.05, 4.69) is 11.9 Å². The molecule has 0 bridgehead atoms. The molecule has 1 atom stereocenters. The minimum Gasteiger partial charge on any atom is -0.496 e. The van der Waals surface area contributed by atoms with Crippen molar-refractivity contribution in [2.45, 2.75) is 31.9 Å². The van der Waals surface area contributed by atoms with Crippen LogP contribution in [0, 0.1) is 0 Å². The molecule has 1 saturated heterocycles. The van der Waals surface area contributed by atoms with Crippen LogP contribution in [0.5, 0.6) is 5.75 Å². The van der Waals surface area contributed by atoms with Crippen LogP contribution in [0.25, 0.3) is 0 Å². The van der Waals surface area contributed by atoms with Gasteiger partial charge in [0.05, 0.1) is 13.2 Å². The quantitative estimate of drug-likeness (QED) is 0.817. The summed E-state index contributed by atoms with van der Waals surface area (Å²) in [5, 5.41) is 0. The van der Waals surface area contributed by atoms with Gasteiger partial charge in [0.1, 0.15) is 10.7 Å². The smallest absolute Gasteiger partial charge is 0.123 e. The highest BCUT2D eigenvalue weighted by Crippen LogP contribution is 2.22. The van der Waals surface area contributed by atoms with Gasteiger partial charge in [-0.15, -0.1) is 0 Å². The van der Waals surface area contributed by atoms with Crippen LogP contribution in [-0.2, 0) is 11.3 Å². The molecule has 0 radical (unpaired) electrons.